The molecule has 4 heteroatoms. The van der Waals surface area contributed by atoms with Gasteiger partial charge in [-0.2, -0.15) is 0 Å². The molecule has 14 heavy (non-hydrogen) atoms. The minimum Gasteiger partial charge on any atom is -0.481 e. The predicted molar refractivity (Wildman–Crippen MR) is 55.1 cm³/mol. The van der Waals surface area contributed by atoms with Crippen LogP contribution >= 0.6 is 0 Å². The first-order valence-electron chi connectivity index (χ1n) is 5.29. The van der Waals surface area contributed by atoms with Gasteiger partial charge in [0, 0.05) is 25.0 Å². The van der Waals surface area contributed by atoms with Crippen LogP contribution in [0, 0.1) is 0 Å². The van der Waals surface area contributed by atoms with E-state index < -0.39 is 5.97 Å². The van der Waals surface area contributed by atoms with E-state index in [2.05, 4.69) is 5.32 Å². The minimum absolute atomic E-state index is 0.483. The molecule has 0 aliphatic carbocycles. The van der Waals surface area contributed by atoms with Gasteiger partial charge in [-0.3, -0.25) is 4.79 Å². The maximum atomic E-state index is 9.00. The van der Waals surface area contributed by atoms with E-state index in [0.717, 1.165) is 19.0 Å². The molecule has 0 radical (unpaired) electrons. The monoisotopic (exact) mass is 200 g/mol. The van der Waals surface area contributed by atoms with E-state index in [-0.39, 0.29) is 0 Å². The number of nitrogens with one attached hydrogen (secondary N) is 1. The van der Waals surface area contributed by atoms with Gasteiger partial charge in [0.2, 0.25) is 0 Å². The zero-order valence-corrected chi connectivity index (χ0v) is 8.70. The van der Waals surface area contributed by atoms with Crippen LogP contribution < -0.4 is 11.1 Å². The Balaban J connectivity index is 0.000000213. The van der Waals surface area contributed by atoms with Crippen molar-refractivity contribution in [3.63, 3.8) is 0 Å². The van der Waals surface area contributed by atoms with Crippen LogP contribution in [0.1, 0.15) is 39.0 Å². The molecule has 0 amide bonds. The summed E-state index contributed by atoms with van der Waals surface area (Å²) in [7, 11) is 0. The van der Waals surface area contributed by atoms with E-state index in [1.54, 1.807) is 0 Å². The molecule has 82 valence electrons. The Bertz CT molecular complexity index is 177. The number of hydrogen-bond acceptors (Lipinski definition) is 3. The second-order valence-corrected chi connectivity index (χ2v) is 4.24. The van der Waals surface area contributed by atoms with Crippen molar-refractivity contribution in [3.05, 3.63) is 0 Å². The fraction of sp³-hybridized carbons (Fsp3) is 0.900. The molecule has 2 saturated heterocycles. The Labute approximate surface area is 84.9 Å². The highest BCUT2D eigenvalue weighted by Crippen LogP contribution is 2.24. The lowest BCUT2D eigenvalue weighted by Gasteiger charge is -2.38. The molecular formula is C10H20N2O2. The van der Waals surface area contributed by atoms with Gasteiger partial charge in [-0.05, 0) is 25.7 Å². The van der Waals surface area contributed by atoms with Gasteiger partial charge in [0.15, 0.2) is 0 Å². The zero-order chi connectivity index (χ0) is 10.6. The summed E-state index contributed by atoms with van der Waals surface area (Å²) in [5.41, 5.74) is 5.88. The van der Waals surface area contributed by atoms with Crippen LogP contribution in [-0.4, -0.2) is 29.2 Å². The minimum atomic E-state index is -0.833. The fourth-order valence-corrected chi connectivity index (χ4v) is 2.31. The summed E-state index contributed by atoms with van der Waals surface area (Å²) in [4.78, 5) is 9.00. The third-order valence-corrected chi connectivity index (χ3v) is 2.75. The van der Waals surface area contributed by atoms with Crippen LogP contribution in [0.4, 0.5) is 0 Å². The molecule has 2 heterocycles. The van der Waals surface area contributed by atoms with Crippen molar-refractivity contribution >= 4 is 5.97 Å². The number of carboxylic acids is 1. The molecule has 2 fully saturated rings. The van der Waals surface area contributed by atoms with E-state index in [1.807, 2.05) is 0 Å². The zero-order valence-electron chi connectivity index (χ0n) is 8.70. The van der Waals surface area contributed by atoms with Gasteiger partial charge < -0.3 is 16.2 Å². The Morgan fingerprint density at radius 2 is 1.79 bits per heavy atom. The van der Waals surface area contributed by atoms with Crippen LogP contribution in [0.15, 0.2) is 0 Å². The van der Waals surface area contributed by atoms with E-state index in [9.17, 15) is 0 Å². The maximum Gasteiger partial charge on any atom is 0.300 e. The topological polar surface area (TPSA) is 75.3 Å². The first-order valence-corrected chi connectivity index (χ1v) is 5.29. The fourth-order valence-electron chi connectivity index (χ4n) is 2.31. The molecule has 2 bridgehead atoms. The van der Waals surface area contributed by atoms with E-state index in [1.165, 1.54) is 32.1 Å². The standard InChI is InChI=1S/C8H16N2.C2H4O2/c9-6-4-7-2-1-3-8(5-6)10-7;1-2(3)4/h6-8,10H,1-5,9H2;1H3,(H,3,4). The summed E-state index contributed by atoms with van der Waals surface area (Å²) in [6.45, 7) is 1.08. The molecule has 0 aromatic heterocycles. The molecular weight excluding hydrogens is 180 g/mol. The quantitative estimate of drug-likeness (QED) is 0.538. The summed E-state index contributed by atoms with van der Waals surface area (Å²) >= 11 is 0. The van der Waals surface area contributed by atoms with Crippen molar-refractivity contribution in [2.75, 3.05) is 0 Å². The summed E-state index contributed by atoms with van der Waals surface area (Å²) in [6.07, 6.45) is 6.52. The SMILES string of the molecule is CC(=O)O.NC1CC2CCCC(C1)N2. The number of aliphatic carboxylic acids is 1. The molecule has 4 nitrogen and oxygen atoms in total. The van der Waals surface area contributed by atoms with Gasteiger partial charge >= 0.3 is 0 Å². The number of hydrogen-bond donors (Lipinski definition) is 3. The Hall–Kier alpha value is -0.610. The Morgan fingerprint density at radius 3 is 2.21 bits per heavy atom. The van der Waals surface area contributed by atoms with Gasteiger partial charge in [0.1, 0.15) is 0 Å². The third-order valence-electron chi connectivity index (χ3n) is 2.75. The van der Waals surface area contributed by atoms with Gasteiger partial charge in [-0.1, -0.05) is 6.42 Å². The highest BCUT2D eigenvalue weighted by Gasteiger charge is 2.28. The highest BCUT2D eigenvalue weighted by atomic mass is 16.4. The molecule has 2 aliphatic heterocycles. The second kappa shape index (κ2) is 5.32. The molecule has 2 rings (SSSR count). The predicted octanol–water partition coefficient (Wildman–Crippen LogP) is 0.709. The lowest BCUT2D eigenvalue weighted by molar-refractivity contribution is -0.134. The molecule has 0 spiro atoms. The molecule has 0 aromatic carbocycles. The van der Waals surface area contributed by atoms with Gasteiger partial charge in [0.25, 0.3) is 5.97 Å². The van der Waals surface area contributed by atoms with Crippen molar-refractivity contribution in [2.45, 2.75) is 57.2 Å². The highest BCUT2D eigenvalue weighted by molar-refractivity contribution is 5.62. The lowest BCUT2D eigenvalue weighted by Crippen LogP contribution is -2.52. The summed E-state index contributed by atoms with van der Waals surface area (Å²) in [6, 6.07) is 1.99. The van der Waals surface area contributed by atoms with Crippen LogP contribution in [0.3, 0.4) is 0 Å². The number of rotatable bonds is 0. The van der Waals surface area contributed by atoms with Crippen molar-refractivity contribution in [1.29, 1.82) is 0 Å². The number of fused-ring (bicyclic) bond motifs is 2. The Morgan fingerprint density at radius 1 is 1.36 bits per heavy atom. The molecule has 2 unspecified atom stereocenters. The normalized spacial score (nSPS) is 35.4. The van der Waals surface area contributed by atoms with Crippen LogP contribution in [-0.2, 0) is 4.79 Å². The number of piperidine rings is 2. The van der Waals surface area contributed by atoms with Gasteiger partial charge in [-0.15, -0.1) is 0 Å². The number of carboxylic acid groups (broad SMARTS) is 1. The average Bonchev–Trinajstić information content (AvgIpc) is 2.01. The van der Waals surface area contributed by atoms with Crippen molar-refractivity contribution in [1.82, 2.24) is 5.32 Å². The third kappa shape index (κ3) is 4.07. The summed E-state index contributed by atoms with van der Waals surface area (Å²) < 4.78 is 0. The van der Waals surface area contributed by atoms with Crippen molar-refractivity contribution in [3.8, 4) is 0 Å². The second-order valence-electron chi connectivity index (χ2n) is 4.24. The average molecular weight is 200 g/mol. The smallest absolute Gasteiger partial charge is 0.300 e. The maximum absolute atomic E-state index is 9.00. The summed E-state index contributed by atoms with van der Waals surface area (Å²) in [5.74, 6) is -0.833. The molecule has 0 aromatic rings. The van der Waals surface area contributed by atoms with Crippen LogP contribution in [0.5, 0.6) is 0 Å². The van der Waals surface area contributed by atoms with Crippen LogP contribution in [0.2, 0.25) is 0 Å². The van der Waals surface area contributed by atoms with Crippen molar-refractivity contribution < 1.29 is 9.90 Å². The van der Waals surface area contributed by atoms with E-state index >= 15 is 0 Å². The molecule has 0 saturated carbocycles. The van der Waals surface area contributed by atoms with E-state index in [0.29, 0.717) is 6.04 Å². The largest absolute Gasteiger partial charge is 0.481 e. The van der Waals surface area contributed by atoms with E-state index in [4.69, 9.17) is 15.6 Å². The molecule has 4 N–H and O–H groups in total. The number of nitrogens with two attached hydrogens (primary N) is 1. The lowest BCUT2D eigenvalue weighted by atomic mass is 9.84. The van der Waals surface area contributed by atoms with Crippen LogP contribution in [0.25, 0.3) is 0 Å². The van der Waals surface area contributed by atoms with Gasteiger partial charge in [-0.25, -0.2) is 0 Å². The van der Waals surface area contributed by atoms with Gasteiger partial charge in [0.05, 0.1) is 0 Å². The molecule has 2 aliphatic rings. The number of carbonyl (C=O) groups is 1. The summed E-state index contributed by atoms with van der Waals surface area (Å²) in [5, 5.41) is 11.0. The van der Waals surface area contributed by atoms with Crippen molar-refractivity contribution in [2.24, 2.45) is 5.73 Å². The first-order chi connectivity index (χ1) is 6.58. The first kappa shape index (κ1) is 11.5. The molecule has 2 atom stereocenters. The Kier molecular flexibility index (Phi) is 4.35.